The van der Waals surface area contributed by atoms with Gasteiger partial charge in [0, 0.05) is 25.9 Å². The van der Waals surface area contributed by atoms with Crippen molar-refractivity contribution in [1.82, 2.24) is 4.90 Å². The number of alkyl halides is 3. The molecule has 2 aliphatic heterocycles. The van der Waals surface area contributed by atoms with Crippen LogP contribution in [0.25, 0.3) is 0 Å². The summed E-state index contributed by atoms with van der Waals surface area (Å²) in [7, 11) is 1.95. The lowest BCUT2D eigenvalue weighted by atomic mass is 9.82. The molecule has 0 saturated carbocycles. The Kier molecular flexibility index (Phi) is 3.24. The van der Waals surface area contributed by atoms with Gasteiger partial charge >= 0.3 is 6.18 Å². The molecule has 3 rings (SSSR count). The second kappa shape index (κ2) is 4.73. The van der Waals surface area contributed by atoms with Crippen LogP contribution < -0.4 is 4.74 Å². The molecular weight excluding hydrogens is 283 g/mol. The van der Waals surface area contributed by atoms with Gasteiger partial charge in [-0.25, -0.2) is 0 Å². The fourth-order valence-corrected chi connectivity index (χ4v) is 3.04. The maximum Gasteiger partial charge on any atom is 0.419 e. The summed E-state index contributed by atoms with van der Waals surface area (Å²) < 4.78 is 45.1. The van der Waals surface area contributed by atoms with Crippen molar-refractivity contribution >= 4 is 5.78 Å². The molecule has 2 aliphatic rings. The van der Waals surface area contributed by atoms with E-state index in [9.17, 15) is 18.0 Å². The van der Waals surface area contributed by atoms with Gasteiger partial charge in [0.25, 0.3) is 0 Å². The normalized spacial score (nSPS) is 22.0. The highest BCUT2D eigenvalue weighted by Gasteiger charge is 2.46. The molecule has 0 unspecified atom stereocenters. The van der Waals surface area contributed by atoms with Gasteiger partial charge in [0.1, 0.15) is 11.4 Å². The van der Waals surface area contributed by atoms with Crippen LogP contribution in [0.2, 0.25) is 0 Å². The molecule has 6 heteroatoms. The van der Waals surface area contributed by atoms with Gasteiger partial charge in [-0.1, -0.05) is 6.07 Å². The van der Waals surface area contributed by atoms with Crippen LogP contribution in [0, 0.1) is 0 Å². The van der Waals surface area contributed by atoms with E-state index < -0.39 is 17.3 Å². The number of para-hydroxylation sites is 1. The molecule has 1 spiro atoms. The standard InChI is InChI=1S/C15H16F3NO2/c1-19-7-5-14(6-8-19)9-12(20)10-3-2-4-11(13(10)21-14)15(16,17)18/h2-4H,5-9H2,1H3. The van der Waals surface area contributed by atoms with Crippen LogP contribution in [0.5, 0.6) is 5.75 Å². The van der Waals surface area contributed by atoms with Crippen molar-refractivity contribution < 1.29 is 22.7 Å². The second-order valence-corrected chi connectivity index (χ2v) is 5.87. The van der Waals surface area contributed by atoms with Crippen molar-refractivity contribution in [1.29, 1.82) is 0 Å². The lowest BCUT2D eigenvalue weighted by Crippen LogP contribution is -2.50. The number of rotatable bonds is 0. The highest BCUT2D eigenvalue weighted by Crippen LogP contribution is 2.45. The van der Waals surface area contributed by atoms with Crippen LogP contribution >= 0.6 is 0 Å². The summed E-state index contributed by atoms with van der Waals surface area (Å²) in [6.45, 7) is 1.44. The predicted molar refractivity (Wildman–Crippen MR) is 70.5 cm³/mol. The van der Waals surface area contributed by atoms with Crippen molar-refractivity contribution in [2.75, 3.05) is 20.1 Å². The predicted octanol–water partition coefficient (Wildman–Crippen LogP) is 3.14. The zero-order valence-electron chi connectivity index (χ0n) is 11.7. The van der Waals surface area contributed by atoms with Crippen molar-refractivity contribution in [2.24, 2.45) is 0 Å². The molecule has 0 aliphatic carbocycles. The number of hydrogen-bond donors (Lipinski definition) is 0. The molecule has 1 aromatic carbocycles. The fraction of sp³-hybridized carbons (Fsp3) is 0.533. The third-order valence-corrected chi connectivity index (χ3v) is 4.32. The van der Waals surface area contributed by atoms with Crippen molar-refractivity contribution in [3.63, 3.8) is 0 Å². The third kappa shape index (κ3) is 2.52. The lowest BCUT2D eigenvalue weighted by Gasteiger charge is -2.43. The highest BCUT2D eigenvalue weighted by molar-refractivity contribution is 6.00. The Morgan fingerprint density at radius 3 is 2.52 bits per heavy atom. The summed E-state index contributed by atoms with van der Waals surface area (Å²) in [5.41, 5.74) is -1.58. The Labute approximate surface area is 120 Å². The third-order valence-electron chi connectivity index (χ3n) is 4.32. The van der Waals surface area contributed by atoms with Gasteiger partial charge in [0.05, 0.1) is 17.5 Å². The first-order valence-electron chi connectivity index (χ1n) is 6.92. The van der Waals surface area contributed by atoms with Gasteiger partial charge in [-0.15, -0.1) is 0 Å². The molecule has 0 aromatic heterocycles. The number of hydrogen-bond acceptors (Lipinski definition) is 3. The van der Waals surface area contributed by atoms with Crippen LogP contribution in [0.15, 0.2) is 18.2 Å². The van der Waals surface area contributed by atoms with Crippen molar-refractivity contribution in [2.45, 2.75) is 31.0 Å². The number of carbonyl (C=O) groups is 1. The Balaban J connectivity index is 2.02. The molecule has 0 bridgehead atoms. The fourth-order valence-electron chi connectivity index (χ4n) is 3.04. The minimum Gasteiger partial charge on any atom is -0.485 e. The molecule has 1 fully saturated rings. The average Bonchev–Trinajstić information content (AvgIpc) is 2.41. The van der Waals surface area contributed by atoms with Crippen LogP contribution in [0.1, 0.15) is 35.2 Å². The number of carbonyl (C=O) groups excluding carboxylic acids is 1. The number of fused-ring (bicyclic) bond motifs is 1. The van der Waals surface area contributed by atoms with E-state index in [0.717, 1.165) is 19.2 Å². The number of likely N-dealkylation sites (tertiary alicyclic amines) is 1. The molecule has 1 aromatic rings. The SMILES string of the molecule is CN1CCC2(CC1)CC(=O)c1cccc(C(F)(F)F)c1O2. The van der Waals surface area contributed by atoms with Gasteiger partial charge in [0.15, 0.2) is 5.78 Å². The Bertz CT molecular complexity index is 575. The average molecular weight is 299 g/mol. The maximum atomic E-state index is 13.1. The number of ether oxygens (including phenoxy) is 1. The zero-order valence-corrected chi connectivity index (χ0v) is 11.7. The van der Waals surface area contributed by atoms with E-state index in [4.69, 9.17) is 4.74 Å². The van der Waals surface area contributed by atoms with Gasteiger partial charge < -0.3 is 9.64 Å². The molecule has 0 amide bonds. The van der Waals surface area contributed by atoms with E-state index in [1.165, 1.54) is 12.1 Å². The number of benzene rings is 1. The zero-order chi connectivity index (χ0) is 15.3. The molecular formula is C15H16F3NO2. The summed E-state index contributed by atoms with van der Waals surface area (Å²) in [6.07, 6.45) is -3.22. The van der Waals surface area contributed by atoms with Gasteiger partial charge in [-0.3, -0.25) is 4.79 Å². The molecule has 1 saturated heterocycles. The number of nitrogens with zero attached hydrogens (tertiary/aromatic N) is 1. The molecule has 114 valence electrons. The first-order chi connectivity index (χ1) is 9.81. The number of Topliss-reactive ketones (excluding diaryl/α,β-unsaturated/α-hetero) is 1. The number of piperidine rings is 1. The number of halogens is 3. The number of ketones is 1. The molecule has 0 N–H and O–H groups in total. The molecule has 3 nitrogen and oxygen atoms in total. The van der Waals surface area contributed by atoms with E-state index in [2.05, 4.69) is 4.90 Å². The molecule has 0 radical (unpaired) electrons. The minimum absolute atomic E-state index is 0.0504. The highest BCUT2D eigenvalue weighted by atomic mass is 19.4. The summed E-state index contributed by atoms with van der Waals surface area (Å²) in [5.74, 6) is -0.544. The van der Waals surface area contributed by atoms with Crippen molar-refractivity contribution in [3.05, 3.63) is 29.3 Å². The Morgan fingerprint density at radius 2 is 1.90 bits per heavy atom. The monoisotopic (exact) mass is 299 g/mol. The molecule has 21 heavy (non-hydrogen) atoms. The van der Waals surface area contributed by atoms with E-state index in [-0.39, 0.29) is 23.5 Å². The van der Waals surface area contributed by atoms with Crippen LogP contribution in [0.4, 0.5) is 13.2 Å². The van der Waals surface area contributed by atoms with Crippen LogP contribution in [-0.4, -0.2) is 36.4 Å². The smallest absolute Gasteiger partial charge is 0.419 e. The Hall–Kier alpha value is -1.56. The summed E-state index contributed by atoms with van der Waals surface area (Å²) in [6, 6.07) is 3.64. The lowest BCUT2D eigenvalue weighted by molar-refractivity contribution is -0.140. The van der Waals surface area contributed by atoms with E-state index in [1.54, 1.807) is 0 Å². The minimum atomic E-state index is -4.52. The van der Waals surface area contributed by atoms with Crippen molar-refractivity contribution in [3.8, 4) is 5.75 Å². The summed E-state index contributed by atoms with van der Waals surface area (Å²) in [5, 5.41) is 0. The topological polar surface area (TPSA) is 29.5 Å². The molecule has 0 atom stereocenters. The van der Waals surface area contributed by atoms with Gasteiger partial charge in [0.2, 0.25) is 0 Å². The van der Waals surface area contributed by atoms with E-state index in [0.29, 0.717) is 12.8 Å². The maximum absolute atomic E-state index is 13.1. The van der Waals surface area contributed by atoms with E-state index >= 15 is 0 Å². The molecule has 2 heterocycles. The summed E-state index contributed by atoms with van der Waals surface area (Å²) >= 11 is 0. The van der Waals surface area contributed by atoms with Crippen LogP contribution in [0.3, 0.4) is 0 Å². The first-order valence-corrected chi connectivity index (χ1v) is 6.92. The Morgan fingerprint density at radius 1 is 1.24 bits per heavy atom. The van der Waals surface area contributed by atoms with E-state index in [1.807, 2.05) is 7.05 Å². The second-order valence-electron chi connectivity index (χ2n) is 5.87. The van der Waals surface area contributed by atoms with Gasteiger partial charge in [-0.2, -0.15) is 13.2 Å². The first kappa shape index (κ1) is 14.4. The quantitative estimate of drug-likeness (QED) is 0.737. The van der Waals surface area contributed by atoms with Gasteiger partial charge in [-0.05, 0) is 19.2 Å². The largest absolute Gasteiger partial charge is 0.485 e. The summed E-state index contributed by atoms with van der Waals surface area (Å²) in [4.78, 5) is 14.3. The van der Waals surface area contributed by atoms with Crippen LogP contribution in [-0.2, 0) is 6.18 Å².